The third-order valence-electron chi connectivity index (χ3n) is 3.21. The van der Waals surface area contributed by atoms with Crippen molar-refractivity contribution in [2.45, 2.75) is 45.1 Å². The second-order valence-electron chi connectivity index (χ2n) is 4.91. The number of alkyl halides is 1. The number of benzene rings is 1. The number of unbranched alkanes of at least 4 members (excludes halogenated alkanes) is 5. The first kappa shape index (κ1) is 17.9. The SMILES string of the molecule is COc1ccc(COCCCCCCCC#CCCl)cc1. The van der Waals surface area contributed by atoms with Gasteiger partial charge in [-0.3, -0.25) is 0 Å². The van der Waals surface area contributed by atoms with E-state index >= 15 is 0 Å². The zero-order chi connectivity index (χ0) is 15.2. The Hall–Kier alpha value is -1.17. The molecule has 0 heterocycles. The molecule has 0 unspecified atom stereocenters. The van der Waals surface area contributed by atoms with E-state index in [1.807, 2.05) is 24.3 Å². The number of methoxy groups -OCH3 is 1. The van der Waals surface area contributed by atoms with Crippen LogP contribution in [0, 0.1) is 11.8 Å². The van der Waals surface area contributed by atoms with E-state index < -0.39 is 0 Å². The maximum absolute atomic E-state index is 5.68. The van der Waals surface area contributed by atoms with Crippen LogP contribution in [0.4, 0.5) is 0 Å². The number of ether oxygens (including phenoxy) is 2. The Morgan fingerprint density at radius 2 is 1.67 bits per heavy atom. The molecular formula is C18H25ClO2. The number of hydrogen-bond acceptors (Lipinski definition) is 2. The van der Waals surface area contributed by atoms with Gasteiger partial charge >= 0.3 is 0 Å². The van der Waals surface area contributed by atoms with E-state index in [9.17, 15) is 0 Å². The third-order valence-corrected chi connectivity index (χ3v) is 3.34. The van der Waals surface area contributed by atoms with E-state index in [1.54, 1.807) is 7.11 Å². The predicted octanol–water partition coefficient (Wildman–Crippen LogP) is 4.79. The monoisotopic (exact) mass is 308 g/mol. The molecule has 0 aliphatic heterocycles. The molecule has 0 saturated heterocycles. The van der Waals surface area contributed by atoms with Gasteiger partial charge in [-0.1, -0.05) is 37.3 Å². The van der Waals surface area contributed by atoms with Gasteiger partial charge in [0.2, 0.25) is 0 Å². The van der Waals surface area contributed by atoms with Gasteiger partial charge in [0.15, 0.2) is 0 Å². The molecule has 0 bridgehead atoms. The lowest BCUT2D eigenvalue weighted by atomic mass is 10.1. The smallest absolute Gasteiger partial charge is 0.118 e. The van der Waals surface area contributed by atoms with Gasteiger partial charge in [-0.25, -0.2) is 0 Å². The minimum Gasteiger partial charge on any atom is -0.497 e. The summed E-state index contributed by atoms with van der Waals surface area (Å²) in [5.74, 6) is 7.27. The van der Waals surface area contributed by atoms with E-state index in [-0.39, 0.29) is 0 Å². The summed E-state index contributed by atoms with van der Waals surface area (Å²) in [6, 6.07) is 8.01. The Labute approximate surface area is 133 Å². The van der Waals surface area contributed by atoms with Crippen molar-refractivity contribution in [3.05, 3.63) is 29.8 Å². The first-order valence-electron chi connectivity index (χ1n) is 7.59. The summed E-state index contributed by atoms with van der Waals surface area (Å²) in [6.07, 6.45) is 7.01. The van der Waals surface area contributed by atoms with Crippen LogP contribution >= 0.6 is 11.6 Å². The van der Waals surface area contributed by atoms with Crippen molar-refractivity contribution in [3.8, 4) is 17.6 Å². The summed E-state index contributed by atoms with van der Waals surface area (Å²) in [7, 11) is 1.68. The Kier molecular flexibility index (Phi) is 10.7. The van der Waals surface area contributed by atoms with Crippen molar-refractivity contribution in [1.82, 2.24) is 0 Å². The molecule has 0 amide bonds. The van der Waals surface area contributed by atoms with Crippen LogP contribution < -0.4 is 4.74 Å². The summed E-state index contributed by atoms with van der Waals surface area (Å²) in [4.78, 5) is 0. The number of hydrogen-bond donors (Lipinski definition) is 0. The second kappa shape index (κ2) is 12.6. The van der Waals surface area contributed by atoms with Crippen molar-refractivity contribution >= 4 is 11.6 Å². The molecule has 0 radical (unpaired) electrons. The van der Waals surface area contributed by atoms with Gasteiger partial charge in [0.1, 0.15) is 5.75 Å². The van der Waals surface area contributed by atoms with Crippen LogP contribution in [0.5, 0.6) is 5.75 Å². The highest BCUT2D eigenvalue weighted by atomic mass is 35.5. The second-order valence-corrected chi connectivity index (χ2v) is 5.17. The van der Waals surface area contributed by atoms with Gasteiger partial charge in [0.25, 0.3) is 0 Å². The van der Waals surface area contributed by atoms with Gasteiger partial charge in [0.05, 0.1) is 19.6 Å². The highest BCUT2D eigenvalue weighted by Gasteiger charge is 1.95. The molecule has 1 rings (SSSR count). The molecule has 116 valence electrons. The molecule has 0 aliphatic rings. The van der Waals surface area contributed by atoms with E-state index in [4.69, 9.17) is 21.1 Å². The zero-order valence-corrected chi connectivity index (χ0v) is 13.6. The molecule has 0 saturated carbocycles. The largest absolute Gasteiger partial charge is 0.497 e. The molecule has 1 aromatic rings. The first-order valence-corrected chi connectivity index (χ1v) is 8.12. The van der Waals surface area contributed by atoms with Gasteiger partial charge in [0, 0.05) is 13.0 Å². The lowest BCUT2D eigenvalue weighted by Gasteiger charge is -2.05. The molecule has 3 heteroatoms. The molecule has 0 N–H and O–H groups in total. The summed E-state index contributed by atoms with van der Waals surface area (Å²) >= 11 is 5.48. The molecule has 21 heavy (non-hydrogen) atoms. The Morgan fingerprint density at radius 1 is 0.952 bits per heavy atom. The van der Waals surface area contributed by atoms with E-state index in [0.717, 1.165) is 25.2 Å². The van der Waals surface area contributed by atoms with Crippen LogP contribution in [-0.2, 0) is 11.3 Å². The quantitative estimate of drug-likeness (QED) is 0.351. The normalized spacial score (nSPS) is 10.0. The highest BCUT2D eigenvalue weighted by molar-refractivity contribution is 6.19. The topological polar surface area (TPSA) is 18.5 Å². The van der Waals surface area contributed by atoms with Gasteiger partial charge in [-0.05, 0) is 30.5 Å². The maximum Gasteiger partial charge on any atom is 0.118 e. The van der Waals surface area contributed by atoms with Crippen LogP contribution in [0.15, 0.2) is 24.3 Å². The number of rotatable bonds is 10. The van der Waals surface area contributed by atoms with E-state index in [1.165, 1.54) is 31.2 Å². The average molecular weight is 309 g/mol. The Bertz CT molecular complexity index is 417. The molecule has 0 fully saturated rings. The molecule has 0 aromatic heterocycles. The van der Waals surface area contributed by atoms with Crippen molar-refractivity contribution in [3.63, 3.8) is 0 Å². The van der Waals surface area contributed by atoms with Crippen molar-refractivity contribution in [1.29, 1.82) is 0 Å². The van der Waals surface area contributed by atoms with Crippen molar-refractivity contribution in [2.75, 3.05) is 19.6 Å². The van der Waals surface area contributed by atoms with Crippen molar-refractivity contribution < 1.29 is 9.47 Å². The fourth-order valence-corrected chi connectivity index (χ4v) is 2.09. The third kappa shape index (κ3) is 9.39. The van der Waals surface area contributed by atoms with E-state index in [0.29, 0.717) is 12.5 Å². The van der Waals surface area contributed by atoms with Crippen LogP contribution in [0.25, 0.3) is 0 Å². The maximum atomic E-state index is 5.68. The fraction of sp³-hybridized carbons (Fsp3) is 0.556. The lowest BCUT2D eigenvalue weighted by molar-refractivity contribution is 0.116. The van der Waals surface area contributed by atoms with Crippen LogP contribution in [0.2, 0.25) is 0 Å². The van der Waals surface area contributed by atoms with Gasteiger partial charge in [-0.2, -0.15) is 0 Å². The molecule has 2 nitrogen and oxygen atoms in total. The van der Waals surface area contributed by atoms with E-state index in [2.05, 4.69) is 11.8 Å². The van der Waals surface area contributed by atoms with Crippen molar-refractivity contribution in [2.24, 2.45) is 0 Å². The highest BCUT2D eigenvalue weighted by Crippen LogP contribution is 2.12. The molecule has 0 atom stereocenters. The van der Waals surface area contributed by atoms with Crippen LogP contribution in [0.3, 0.4) is 0 Å². The molecular weight excluding hydrogens is 284 g/mol. The minimum absolute atomic E-state index is 0.450. The molecule has 0 spiro atoms. The Balaban J connectivity index is 1.92. The lowest BCUT2D eigenvalue weighted by Crippen LogP contribution is -1.95. The minimum atomic E-state index is 0.450. The average Bonchev–Trinajstić information content (AvgIpc) is 2.53. The molecule has 0 aliphatic carbocycles. The summed E-state index contributed by atoms with van der Waals surface area (Å²) < 4.78 is 10.8. The van der Waals surface area contributed by atoms with Crippen LogP contribution in [0.1, 0.15) is 44.1 Å². The number of halogens is 1. The Morgan fingerprint density at radius 3 is 2.38 bits per heavy atom. The van der Waals surface area contributed by atoms with Gasteiger partial charge in [-0.15, -0.1) is 17.5 Å². The first-order chi connectivity index (χ1) is 10.4. The predicted molar refractivity (Wildman–Crippen MR) is 88.8 cm³/mol. The standard InChI is InChI=1S/C18H25ClO2/c1-20-18-12-10-17(11-13-18)16-21-15-9-7-5-3-2-4-6-8-14-19/h10-13H,2-5,7,9,14-16H2,1H3. The summed E-state index contributed by atoms with van der Waals surface area (Å²) in [6.45, 7) is 1.51. The van der Waals surface area contributed by atoms with Gasteiger partial charge < -0.3 is 9.47 Å². The summed E-state index contributed by atoms with van der Waals surface area (Å²) in [5, 5.41) is 0. The molecule has 1 aromatic carbocycles. The fourth-order valence-electron chi connectivity index (χ4n) is 2.00. The zero-order valence-electron chi connectivity index (χ0n) is 12.9. The van der Waals surface area contributed by atoms with Crippen LogP contribution in [-0.4, -0.2) is 19.6 Å². The summed E-state index contributed by atoms with van der Waals surface area (Å²) in [5.41, 5.74) is 1.19.